The van der Waals surface area contributed by atoms with Crippen LogP contribution in [-0.4, -0.2) is 28.5 Å². The summed E-state index contributed by atoms with van der Waals surface area (Å²) in [6.07, 6.45) is 1.55. The molecule has 0 saturated carbocycles. The zero-order valence-corrected chi connectivity index (χ0v) is 6.09. The second kappa shape index (κ2) is 3.55. The van der Waals surface area contributed by atoms with Crippen molar-refractivity contribution >= 4 is 6.03 Å². The number of rotatable bonds is 2. The molecule has 2 amide bonds. The maximum absolute atomic E-state index is 10.6. The SMILES string of the molecule is CNC(=O)NCc1cn[nH]n1. The second-order valence-electron chi connectivity index (χ2n) is 1.89. The fourth-order valence-electron chi connectivity index (χ4n) is 0.570. The molecule has 1 rings (SSSR count). The molecule has 0 aromatic carbocycles. The number of hydrogen-bond donors (Lipinski definition) is 3. The highest BCUT2D eigenvalue weighted by atomic mass is 16.2. The van der Waals surface area contributed by atoms with Gasteiger partial charge in [-0.25, -0.2) is 4.79 Å². The van der Waals surface area contributed by atoms with E-state index in [1.54, 1.807) is 13.2 Å². The number of aromatic nitrogens is 3. The van der Waals surface area contributed by atoms with Gasteiger partial charge in [-0.2, -0.15) is 15.4 Å². The van der Waals surface area contributed by atoms with Gasteiger partial charge in [-0.05, 0) is 0 Å². The lowest BCUT2D eigenvalue weighted by molar-refractivity contribution is 0.242. The van der Waals surface area contributed by atoms with Gasteiger partial charge in [0.25, 0.3) is 0 Å². The molecule has 6 heteroatoms. The van der Waals surface area contributed by atoms with E-state index in [4.69, 9.17) is 0 Å². The quantitative estimate of drug-likeness (QED) is 0.524. The molecular formula is C5H9N5O. The minimum Gasteiger partial charge on any atom is -0.341 e. The molecule has 11 heavy (non-hydrogen) atoms. The number of nitrogens with one attached hydrogen (secondary N) is 3. The van der Waals surface area contributed by atoms with Gasteiger partial charge < -0.3 is 10.6 Å². The van der Waals surface area contributed by atoms with E-state index in [9.17, 15) is 4.79 Å². The fraction of sp³-hybridized carbons (Fsp3) is 0.400. The molecule has 1 aromatic heterocycles. The van der Waals surface area contributed by atoms with Gasteiger partial charge in [0.2, 0.25) is 0 Å². The van der Waals surface area contributed by atoms with Crippen LogP contribution in [0.25, 0.3) is 0 Å². The molecule has 1 heterocycles. The highest BCUT2D eigenvalue weighted by Gasteiger charge is 1.97. The third-order valence-corrected chi connectivity index (χ3v) is 1.12. The molecule has 0 spiro atoms. The van der Waals surface area contributed by atoms with Crippen molar-refractivity contribution < 1.29 is 4.79 Å². The Bertz CT molecular complexity index is 219. The molecule has 0 unspecified atom stereocenters. The van der Waals surface area contributed by atoms with Gasteiger partial charge >= 0.3 is 6.03 Å². The van der Waals surface area contributed by atoms with Crippen LogP contribution in [0, 0.1) is 0 Å². The van der Waals surface area contributed by atoms with Crippen LogP contribution in [0.4, 0.5) is 4.79 Å². The summed E-state index contributed by atoms with van der Waals surface area (Å²) < 4.78 is 0. The van der Waals surface area contributed by atoms with Gasteiger partial charge in [-0.15, -0.1) is 0 Å². The molecule has 3 N–H and O–H groups in total. The standard InChI is InChI=1S/C5H9N5O/c1-6-5(11)7-2-4-3-8-10-9-4/h3H,2H2,1H3,(H2,6,7,11)(H,8,9,10). The monoisotopic (exact) mass is 155 g/mol. The minimum absolute atomic E-state index is 0.229. The first-order chi connectivity index (χ1) is 5.33. The molecule has 0 atom stereocenters. The third-order valence-electron chi connectivity index (χ3n) is 1.12. The van der Waals surface area contributed by atoms with E-state index in [-0.39, 0.29) is 6.03 Å². The summed E-state index contributed by atoms with van der Waals surface area (Å²) in [5, 5.41) is 14.7. The zero-order chi connectivity index (χ0) is 8.10. The van der Waals surface area contributed by atoms with Crippen LogP contribution in [0.2, 0.25) is 0 Å². The van der Waals surface area contributed by atoms with Crippen LogP contribution >= 0.6 is 0 Å². The first-order valence-electron chi connectivity index (χ1n) is 3.13. The molecule has 1 aromatic rings. The van der Waals surface area contributed by atoms with Crippen molar-refractivity contribution in [2.75, 3.05) is 7.05 Å². The van der Waals surface area contributed by atoms with E-state index in [0.29, 0.717) is 12.2 Å². The molecular weight excluding hydrogens is 146 g/mol. The van der Waals surface area contributed by atoms with E-state index in [2.05, 4.69) is 26.0 Å². The van der Waals surface area contributed by atoms with Crippen molar-refractivity contribution in [2.45, 2.75) is 6.54 Å². The minimum atomic E-state index is -0.229. The molecule has 0 aliphatic heterocycles. The molecule has 0 bridgehead atoms. The Kier molecular flexibility index (Phi) is 2.42. The predicted molar refractivity (Wildman–Crippen MR) is 37.7 cm³/mol. The third kappa shape index (κ3) is 2.24. The van der Waals surface area contributed by atoms with Gasteiger partial charge in [0.1, 0.15) is 5.69 Å². The van der Waals surface area contributed by atoms with Gasteiger partial charge in [-0.3, -0.25) is 0 Å². The first kappa shape index (κ1) is 7.52. The number of hydrogen-bond acceptors (Lipinski definition) is 3. The highest BCUT2D eigenvalue weighted by molar-refractivity contribution is 5.73. The average molecular weight is 155 g/mol. The molecule has 60 valence electrons. The van der Waals surface area contributed by atoms with Crippen LogP contribution < -0.4 is 10.6 Å². The summed E-state index contributed by atoms with van der Waals surface area (Å²) in [4.78, 5) is 10.6. The van der Waals surface area contributed by atoms with Gasteiger partial charge in [0.05, 0.1) is 12.7 Å². The highest BCUT2D eigenvalue weighted by Crippen LogP contribution is 1.85. The van der Waals surface area contributed by atoms with Gasteiger partial charge in [0, 0.05) is 7.05 Å². The predicted octanol–water partition coefficient (Wildman–Crippen LogP) is -0.766. The van der Waals surface area contributed by atoms with E-state index in [1.165, 1.54) is 0 Å². The summed E-state index contributed by atoms with van der Waals surface area (Å²) in [5.41, 5.74) is 0.702. The van der Waals surface area contributed by atoms with E-state index < -0.39 is 0 Å². The van der Waals surface area contributed by atoms with Crippen molar-refractivity contribution in [1.82, 2.24) is 26.0 Å². The second-order valence-corrected chi connectivity index (χ2v) is 1.89. The number of carbonyl (C=O) groups excluding carboxylic acids is 1. The van der Waals surface area contributed by atoms with E-state index in [0.717, 1.165) is 0 Å². The Morgan fingerprint density at radius 3 is 3.18 bits per heavy atom. The van der Waals surface area contributed by atoms with Crippen LogP contribution in [-0.2, 0) is 6.54 Å². The summed E-state index contributed by atoms with van der Waals surface area (Å²) in [5.74, 6) is 0. The summed E-state index contributed by atoms with van der Waals surface area (Å²) >= 11 is 0. The van der Waals surface area contributed by atoms with Crippen molar-refractivity contribution in [1.29, 1.82) is 0 Å². The Labute approximate surface area is 63.4 Å². The molecule has 0 saturated heterocycles. The summed E-state index contributed by atoms with van der Waals surface area (Å²) in [6.45, 7) is 0.385. The number of H-pyrrole nitrogens is 1. The van der Waals surface area contributed by atoms with Crippen molar-refractivity contribution in [3.63, 3.8) is 0 Å². The zero-order valence-electron chi connectivity index (χ0n) is 6.09. The van der Waals surface area contributed by atoms with E-state index in [1.807, 2.05) is 0 Å². The lowest BCUT2D eigenvalue weighted by Gasteiger charge is -1.99. The molecule has 0 aliphatic rings. The van der Waals surface area contributed by atoms with Gasteiger partial charge in [0.15, 0.2) is 0 Å². The average Bonchev–Trinajstić information content (AvgIpc) is 2.52. The summed E-state index contributed by atoms with van der Waals surface area (Å²) in [6, 6.07) is -0.229. The molecule has 0 fully saturated rings. The number of nitrogens with zero attached hydrogens (tertiary/aromatic N) is 2. The van der Waals surface area contributed by atoms with Crippen LogP contribution in [0.15, 0.2) is 6.20 Å². The fourth-order valence-corrected chi connectivity index (χ4v) is 0.570. The van der Waals surface area contributed by atoms with Gasteiger partial charge in [-0.1, -0.05) is 0 Å². The van der Waals surface area contributed by atoms with Crippen LogP contribution in [0.5, 0.6) is 0 Å². The smallest absolute Gasteiger partial charge is 0.314 e. The first-order valence-corrected chi connectivity index (χ1v) is 3.13. The maximum atomic E-state index is 10.6. The normalized spacial score (nSPS) is 9.18. The number of carbonyl (C=O) groups is 1. The van der Waals surface area contributed by atoms with Crippen molar-refractivity contribution in [2.24, 2.45) is 0 Å². The van der Waals surface area contributed by atoms with E-state index >= 15 is 0 Å². The Balaban J connectivity index is 2.29. The maximum Gasteiger partial charge on any atom is 0.314 e. The Morgan fingerprint density at radius 2 is 2.64 bits per heavy atom. The molecule has 0 radical (unpaired) electrons. The Morgan fingerprint density at radius 1 is 1.82 bits per heavy atom. The summed E-state index contributed by atoms with van der Waals surface area (Å²) in [7, 11) is 1.55. The largest absolute Gasteiger partial charge is 0.341 e. The lowest BCUT2D eigenvalue weighted by Crippen LogP contribution is -2.32. The molecule has 6 nitrogen and oxygen atoms in total. The van der Waals surface area contributed by atoms with Crippen LogP contribution in [0.3, 0.4) is 0 Å². The van der Waals surface area contributed by atoms with Crippen molar-refractivity contribution in [3.8, 4) is 0 Å². The number of urea groups is 1. The topological polar surface area (TPSA) is 82.7 Å². The molecule has 0 aliphatic carbocycles. The van der Waals surface area contributed by atoms with Crippen LogP contribution in [0.1, 0.15) is 5.69 Å². The number of aromatic amines is 1. The van der Waals surface area contributed by atoms with Crippen molar-refractivity contribution in [3.05, 3.63) is 11.9 Å². The number of amides is 2. The Hall–Kier alpha value is -1.59. The lowest BCUT2D eigenvalue weighted by atomic mass is 10.5.